The molecule has 0 bridgehead atoms. The number of hydrogen-bond acceptors (Lipinski definition) is 6. The van der Waals surface area contributed by atoms with Gasteiger partial charge in [-0.05, 0) is 37.1 Å². The van der Waals surface area contributed by atoms with Crippen molar-refractivity contribution in [2.45, 2.75) is 38.0 Å². The fraction of sp³-hybridized carbons (Fsp3) is 0.375. The van der Waals surface area contributed by atoms with Gasteiger partial charge in [0.05, 0.1) is 32.2 Å². The highest BCUT2D eigenvalue weighted by molar-refractivity contribution is 6.01. The number of fused-ring (bicyclic) bond motifs is 1. The van der Waals surface area contributed by atoms with E-state index < -0.39 is 5.91 Å². The van der Waals surface area contributed by atoms with Gasteiger partial charge in [0.15, 0.2) is 11.5 Å². The van der Waals surface area contributed by atoms with Crippen LogP contribution in [0.25, 0.3) is 10.9 Å². The molecular formula is C24H27N3O5. The smallest absolute Gasteiger partial charge is 0.280 e. The van der Waals surface area contributed by atoms with E-state index in [4.69, 9.17) is 19.2 Å². The van der Waals surface area contributed by atoms with Gasteiger partial charge in [-0.1, -0.05) is 31.4 Å². The number of carbonyl (C=O) groups is 1. The first kappa shape index (κ1) is 21.7. The minimum Gasteiger partial charge on any atom is -0.493 e. The lowest BCUT2D eigenvalue weighted by Crippen LogP contribution is -2.37. The van der Waals surface area contributed by atoms with Crippen LogP contribution < -0.4 is 25.2 Å². The van der Waals surface area contributed by atoms with Gasteiger partial charge in [-0.25, -0.2) is 9.66 Å². The lowest BCUT2D eigenvalue weighted by Gasteiger charge is -2.24. The number of rotatable bonds is 6. The van der Waals surface area contributed by atoms with Crippen LogP contribution in [-0.4, -0.2) is 36.9 Å². The summed E-state index contributed by atoms with van der Waals surface area (Å²) < 4.78 is 17.3. The maximum Gasteiger partial charge on any atom is 0.280 e. The largest absolute Gasteiger partial charge is 0.493 e. The third-order valence-electron chi connectivity index (χ3n) is 5.91. The molecule has 1 N–H and O–H groups in total. The van der Waals surface area contributed by atoms with E-state index in [2.05, 4.69) is 5.43 Å². The maximum atomic E-state index is 13.3. The number of methoxy groups -OCH3 is 3. The van der Waals surface area contributed by atoms with Gasteiger partial charge in [0, 0.05) is 11.5 Å². The molecule has 1 aliphatic carbocycles. The van der Waals surface area contributed by atoms with Crippen LogP contribution in [0.1, 0.15) is 54.2 Å². The summed E-state index contributed by atoms with van der Waals surface area (Å²) in [7, 11) is 4.46. The maximum absolute atomic E-state index is 13.3. The van der Waals surface area contributed by atoms with Gasteiger partial charge in [-0.15, -0.1) is 0 Å². The number of nitrogens with zero attached hydrogens (tertiary/aromatic N) is 2. The molecule has 0 saturated heterocycles. The Kier molecular flexibility index (Phi) is 6.30. The van der Waals surface area contributed by atoms with E-state index in [1.807, 2.05) is 12.1 Å². The number of para-hydroxylation sites is 1. The van der Waals surface area contributed by atoms with Crippen molar-refractivity contribution >= 4 is 16.8 Å². The number of carbonyl (C=O) groups excluding carboxylic acids is 1. The normalized spacial score (nSPS) is 14.2. The van der Waals surface area contributed by atoms with E-state index in [0.29, 0.717) is 34.0 Å². The Hall–Kier alpha value is -3.55. The molecule has 4 rings (SSSR count). The van der Waals surface area contributed by atoms with Crippen LogP contribution in [-0.2, 0) is 0 Å². The molecule has 1 aliphatic rings. The van der Waals surface area contributed by atoms with Crippen molar-refractivity contribution in [3.05, 3.63) is 58.1 Å². The highest BCUT2D eigenvalue weighted by atomic mass is 16.5. The quantitative estimate of drug-likeness (QED) is 0.630. The van der Waals surface area contributed by atoms with Gasteiger partial charge in [0.25, 0.3) is 11.5 Å². The molecule has 3 aromatic rings. The topological polar surface area (TPSA) is 91.7 Å². The molecule has 0 spiro atoms. The Morgan fingerprint density at radius 3 is 2.28 bits per heavy atom. The van der Waals surface area contributed by atoms with Crippen molar-refractivity contribution in [1.29, 1.82) is 0 Å². The molecule has 8 heteroatoms. The van der Waals surface area contributed by atoms with E-state index in [-0.39, 0.29) is 17.0 Å². The van der Waals surface area contributed by atoms with Crippen LogP contribution in [0.4, 0.5) is 0 Å². The molecule has 0 unspecified atom stereocenters. The summed E-state index contributed by atoms with van der Waals surface area (Å²) in [5, 5.41) is 0.456. The highest BCUT2D eigenvalue weighted by Crippen LogP contribution is 2.38. The average molecular weight is 437 g/mol. The number of aromatic nitrogens is 2. The fourth-order valence-corrected chi connectivity index (χ4v) is 4.27. The summed E-state index contributed by atoms with van der Waals surface area (Å²) in [6.07, 6.45) is 5.20. The predicted octanol–water partition coefficient (Wildman–Crippen LogP) is 3.85. The van der Waals surface area contributed by atoms with Gasteiger partial charge in [0.1, 0.15) is 5.82 Å². The second-order valence-corrected chi connectivity index (χ2v) is 7.82. The Morgan fingerprint density at radius 1 is 1.00 bits per heavy atom. The van der Waals surface area contributed by atoms with Crippen molar-refractivity contribution in [3.63, 3.8) is 0 Å². The molecule has 0 aliphatic heterocycles. The zero-order valence-electron chi connectivity index (χ0n) is 18.5. The SMILES string of the molecule is COc1cc(C(=O)Nn2c(C3CCCCC3)nc3ccccc3c2=O)cc(OC)c1OC. The average Bonchev–Trinajstić information content (AvgIpc) is 2.85. The van der Waals surface area contributed by atoms with Gasteiger partial charge in [-0.3, -0.25) is 15.0 Å². The van der Waals surface area contributed by atoms with Crippen LogP contribution in [0.2, 0.25) is 0 Å². The van der Waals surface area contributed by atoms with Crippen molar-refractivity contribution < 1.29 is 19.0 Å². The molecule has 1 saturated carbocycles. The standard InChI is InChI=1S/C24H27N3O5/c1-30-19-13-16(14-20(31-2)21(19)32-3)23(28)26-27-22(15-9-5-4-6-10-15)25-18-12-8-7-11-17(18)24(27)29/h7-8,11-15H,4-6,9-10H2,1-3H3,(H,26,28). The monoisotopic (exact) mass is 437 g/mol. The second-order valence-electron chi connectivity index (χ2n) is 7.82. The van der Waals surface area contributed by atoms with Crippen LogP contribution in [0, 0.1) is 0 Å². The number of benzene rings is 2. The second kappa shape index (κ2) is 9.30. The first-order valence-electron chi connectivity index (χ1n) is 10.7. The third kappa shape index (κ3) is 4.00. The molecule has 1 amide bonds. The summed E-state index contributed by atoms with van der Waals surface area (Å²) in [4.78, 5) is 31.3. The molecule has 1 aromatic heterocycles. The van der Waals surface area contributed by atoms with E-state index in [1.54, 1.807) is 24.3 Å². The molecule has 8 nitrogen and oxygen atoms in total. The number of nitrogens with one attached hydrogen (secondary N) is 1. The van der Waals surface area contributed by atoms with Crippen molar-refractivity contribution in [2.75, 3.05) is 26.8 Å². The Morgan fingerprint density at radius 2 is 1.66 bits per heavy atom. The van der Waals surface area contributed by atoms with Gasteiger partial charge >= 0.3 is 0 Å². The number of hydrogen-bond donors (Lipinski definition) is 1. The van der Waals surface area contributed by atoms with E-state index in [1.165, 1.54) is 32.4 Å². The lowest BCUT2D eigenvalue weighted by molar-refractivity contribution is 0.100. The molecule has 1 fully saturated rings. The van der Waals surface area contributed by atoms with Gasteiger partial charge in [-0.2, -0.15) is 0 Å². The third-order valence-corrected chi connectivity index (χ3v) is 5.91. The Balaban J connectivity index is 1.79. The summed E-state index contributed by atoms with van der Waals surface area (Å²) >= 11 is 0. The van der Waals surface area contributed by atoms with Crippen molar-refractivity contribution in [1.82, 2.24) is 9.66 Å². The minimum atomic E-state index is -0.472. The van der Waals surface area contributed by atoms with Crippen LogP contribution in [0.5, 0.6) is 17.2 Å². The first-order chi connectivity index (χ1) is 15.6. The predicted molar refractivity (Wildman–Crippen MR) is 122 cm³/mol. The van der Waals surface area contributed by atoms with Crippen LogP contribution in [0.15, 0.2) is 41.2 Å². The molecule has 2 aromatic carbocycles. The van der Waals surface area contributed by atoms with E-state index >= 15 is 0 Å². The Bertz CT molecular complexity index is 1170. The zero-order chi connectivity index (χ0) is 22.7. The van der Waals surface area contributed by atoms with E-state index in [9.17, 15) is 9.59 Å². The molecular weight excluding hydrogens is 410 g/mol. The van der Waals surface area contributed by atoms with Crippen LogP contribution in [0.3, 0.4) is 0 Å². The summed E-state index contributed by atoms with van der Waals surface area (Å²) in [5.41, 5.74) is 3.39. The fourth-order valence-electron chi connectivity index (χ4n) is 4.27. The molecule has 0 atom stereocenters. The molecule has 0 radical (unpaired) electrons. The zero-order valence-corrected chi connectivity index (χ0v) is 18.5. The van der Waals surface area contributed by atoms with Crippen LogP contribution >= 0.6 is 0 Å². The molecule has 32 heavy (non-hydrogen) atoms. The number of ether oxygens (including phenoxy) is 3. The van der Waals surface area contributed by atoms with Crippen molar-refractivity contribution in [2.24, 2.45) is 0 Å². The van der Waals surface area contributed by atoms with Crippen molar-refractivity contribution in [3.8, 4) is 17.2 Å². The lowest BCUT2D eigenvalue weighted by atomic mass is 9.88. The summed E-state index contributed by atoms with van der Waals surface area (Å²) in [6.45, 7) is 0. The molecule has 168 valence electrons. The number of amides is 1. The van der Waals surface area contributed by atoms with Gasteiger partial charge in [0.2, 0.25) is 5.75 Å². The Labute approximate surface area is 186 Å². The minimum absolute atomic E-state index is 0.112. The van der Waals surface area contributed by atoms with Gasteiger partial charge < -0.3 is 14.2 Å². The summed E-state index contributed by atoms with van der Waals surface area (Å²) in [5.74, 6) is 1.33. The first-order valence-corrected chi connectivity index (χ1v) is 10.7. The molecule has 1 heterocycles. The summed E-state index contributed by atoms with van der Waals surface area (Å²) in [6, 6.07) is 10.3. The highest BCUT2D eigenvalue weighted by Gasteiger charge is 2.24. The van der Waals surface area contributed by atoms with E-state index in [0.717, 1.165) is 25.7 Å².